The molecule has 3 heterocycles. The zero-order valence-electron chi connectivity index (χ0n) is 17.5. The number of nitrogens with zero attached hydrogens (tertiary/aromatic N) is 5. The summed E-state index contributed by atoms with van der Waals surface area (Å²) in [4.78, 5) is 48.8. The number of nitriles is 1. The van der Waals surface area contributed by atoms with Crippen LogP contribution in [0, 0.1) is 16.7 Å². The molecule has 8 nitrogen and oxygen atoms in total. The summed E-state index contributed by atoms with van der Waals surface area (Å²) in [5.41, 5.74) is -0.584. The van der Waals surface area contributed by atoms with E-state index in [-0.39, 0.29) is 23.4 Å². The van der Waals surface area contributed by atoms with Gasteiger partial charge >= 0.3 is 0 Å². The molecule has 1 aromatic heterocycles. The number of likely N-dealkylation sites (N-methyl/N-ethyl adjacent to an activating group) is 1. The first-order chi connectivity index (χ1) is 13.9. The molecule has 2 aliphatic heterocycles. The average Bonchev–Trinajstić information content (AvgIpc) is 2.94. The zero-order chi connectivity index (χ0) is 22.5. The third kappa shape index (κ3) is 3.11. The van der Waals surface area contributed by atoms with Crippen LogP contribution in [0.25, 0.3) is 0 Å². The first-order valence-corrected chi connectivity index (χ1v) is 10.9. The summed E-state index contributed by atoms with van der Waals surface area (Å²) in [6.07, 6.45) is 4.46. The standard InChI is InChI=1S/C20H23N5O3S2/c1-12(2)29-19(5)16(27)25-15(14-7-22-11-23-8-14)18(4,10-21)9-20(25,30-13(3)26)17(28)24(19)6/h7-8,11,15H,1,9H2,2-6H3/t15-,18+,19-,20-/m0/s1. The predicted octanol–water partition coefficient (Wildman–Crippen LogP) is 2.71. The number of hydrogen-bond donors (Lipinski definition) is 0. The van der Waals surface area contributed by atoms with E-state index in [4.69, 9.17) is 0 Å². The van der Waals surface area contributed by atoms with E-state index in [0.29, 0.717) is 10.5 Å². The molecule has 2 fully saturated rings. The van der Waals surface area contributed by atoms with Gasteiger partial charge in [-0.3, -0.25) is 14.4 Å². The minimum Gasteiger partial charge on any atom is -0.320 e. The SMILES string of the molecule is C=C(C)S[C@@]1(C)C(=O)N2[C@@H](c3cncnc3)[C@@](C)(C#N)C[C@]2(SC(C)=O)C(=O)N1C. The van der Waals surface area contributed by atoms with Crippen molar-refractivity contribution in [2.45, 2.75) is 49.9 Å². The van der Waals surface area contributed by atoms with Crippen molar-refractivity contribution in [2.75, 3.05) is 7.05 Å². The molecule has 10 heteroatoms. The molecule has 0 radical (unpaired) electrons. The topological polar surface area (TPSA) is 107 Å². The Kier molecular flexibility index (Phi) is 5.50. The molecule has 0 spiro atoms. The van der Waals surface area contributed by atoms with Crippen molar-refractivity contribution in [2.24, 2.45) is 5.41 Å². The van der Waals surface area contributed by atoms with Crippen LogP contribution in [-0.2, 0) is 14.4 Å². The number of rotatable bonds is 4. The van der Waals surface area contributed by atoms with Gasteiger partial charge in [0.05, 0.1) is 17.5 Å². The van der Waals surface area contributed by atoms with E-state index in [1.54, 1.807) is 40.2 Å². The summed E-state index contributed by atoms with van der Waals surface area (Å²) in [5, 5.41) is 9.79. The summed E-state index contributed by atoms with van der Waals surface area (Å²) in [7, 11) is 1.55. The lowest BCUT2D eigenvalue weighted by atomic mass is 9.80. The Labute approximate surface area is 184 Å². The molecule has 0 aromatic carbocycles. The maximum Gasteiger partial charge on any atom is 0.261 e. The van der Waals surface area contributed by atoms with Crippen molar-refractivity contribution >= 4 is 40.5 Å². The number of thioether (sulfide) groups is 2. The second-order valence-corrected chi connectivity index (χ2v) is 11.1. The summed E-state index contributed by atoms with van der Waals surface area (Å²) in [6, 6.07) is 1.51. The van der Waals surface area contributed by atoms with Gasteiger partial charge in [0.1, 0.15) is 6.33 Å². The normalized spacial score (nSPS) is 33.3. The first kappa shape index (κ1) is 22.3. The Hall–Kier alpha value is -2.38. The average molecular weight is 446 g/mol. The molecular weight excluding hydrogens is 422 g/mol. The van der Waals surface area contributed by atoms with E-state index in [1.165, 1.54) is 34.8 Å². The van der Waals surface area contributed by atoms with Crippen LogP contribution < -0.4 is 0 Å². The van der Waals surface area contributed by atoms with Crippen LogP contribution in [0.1, 0.15) is 45.7 Å². The molecule has 0 unspecified atom stereocenters. The van der Waals surface area contributed by atoms with Crippen molar-refractivity contribution in [3.63, 3.8) is 0 Å². The van der Waals surface area contributed by atoms with E-state index >= 15 is 0 Å². The second kappa shape index (κ2) is 7.39. The number of hydrogen-bond acceptors (Lipinski definition) is 8. The van der Waals surface area contributed by atoms with Gasteiger partial charge in [0.2, 0.25) is 0 Å². The van der Waals surface area contributed by atoms with Gasteiger partial charge in [0, 0.05) is 38.3 Å². The quantitative estimate of drug-likeness (QED) is 0.696. The number of carbonyl (C=O) groups is 3. The summed E-state index contributed by atoms with van der Waals surface area (Å²) >= 11 is 1.98. The third-order valence-corrected chi connectivity index (χ3v) is 7.92. The Morgan fingerprint density at radius 1 is 1.23 bits per heavy atom. The van der Waals surface area contributed by atoms with Crippen LogP contribution in [0.2, 0.25) is 0 Å². The fourth-order valence-corrected chi connectivity index (χ4v) is 6.79. The largest absolute Gasteiger partial charge is 0.320 e. The summed E-state index contributed by atoms with van der Waals surface area (Å²) in [5.74, 6) is -0.751. The van der Waals surface area contributed by atoms with Gasteiger partial charge in [0.25, 0.3) is 11.8 Å². The Balaban J connectivity index is 2.30. The van der Waals surface area contributed by atoms with Gasteiger partial charge in [-0.15, -0.1) is 0 Å². The van der Waals surface area contributed by atoms with Gasteiger partial charge in [-0.25, -0.2) is 9.97 Å². The van der Waals surface area contributed by atoms with Crippen molar-refractivity contribution in [3.8, 4) is 6.07 Å². The molecule has 2 saturated heterocycles. The van der Waals surface area contributed by atoms with Gasteiger partial charge in [-0.1, -0.05) is 18.3 Å². The van der Waals surface area contributed by atoms with Gasteiger partial charge in [-0.2, -0.15) is 5.26 Å². The van der Waals surface area contributed by atoms with E-state index in [0.717, 1.165) is 11.8 Å². The second-order valence-electron chi connectivity index (χ2n) is 7.98. The molecule has 158 valence electrons. The minimum absolute atomic E-state index is 0.0169. The van der Waals surface area contributed by atoms with Crippen LogP contribution in [0.3, 0.4) is 0 Å². The number of allylic oxidation sites excluding steroid dienone is 1. The van der Waals surface area contributed by atoms with Crippen molar-refractivity contribution in [3.05, 3.63) is 35.8 Å². The smallest absolute Gasteiger partial charge is 0.261 e. The highest BCUT2D eigenvalue weighted by Gasteiger charge is 2.71. The number of fused-ring (bicyclic) bond motifs is 1. The van der Waals surface area contributed by atoms with E-state index < -0.39 is 21.2 Å². The van der Waals surface area contributed by atoms with Gasteiger partial charge in [-0.05, 0) is 37.4 Å². The molecule has 0 bridgehead atoms. The molecule has 30 heavy (non-hydrogen) atoms. The highest BCUT2D eigenvalue weighted by molar-refractivity contribution is 8.15. The van der Waals surface area contributed by atoms with Gasteiger partial charge < -0.3 is 9.80 Å². The van der Waals surface area contributed by atoms with Crippen molar-refractivity contribution in [1.82, 2.24) is 19.8 Å². The van der Waals surface area contributed by atoms with E-state index in [2.05, 4.69) is 22.6 Å². The van der Waals surface area contributed by atoms with Crippen LogP contribution >= 0.6 is 23.5 Å². The summed E-state index contributed by atoms with van der Waals surface area (Å²) in [6.45, 7) is 10.4. The lowest BCUT2D eigenvalue weighted by molar-refractivity contribution is -0.163. The van der Waals surface area contributed by atoms with Crippen LogP contribution in [0.15, 0.2) is 30.2 Å². The monoisotopic (exact) mass is 445 g/mol. The molecule has 0 N–H and O–H groups in total. The van der Waals surface area contributed by atoms with Crippen LogP contribution in [0.4, 0.5) is 0 Å². The number of carbonyl (C=O) groups excluding carboxylic acids is 3. The molecule has 1 aromatic rings. The molecule has 2 amide bonds. The third-order valence-electron chi connectivity index (χ3n) is 5.59. The molecule has 0 aliphatic carbocycles. The van der Waals surface area contributed by atoms with Crippen LogP contribution in [0.5, 0.6) is 0 Å². The number of piperazine rings is 1. The zero-order valence-corrected chi connectivity index (χ0v) is 19.1. The van der Waals surface area contributed by atoms with Crippen molar-refractivity contribution < 1.29 is 14.4 Å². The Bertz CT molecular complexity index is 980. The molecule has 3 rings (SSSR count). The Morgan fingerprint density at radius 3 is 2.33 bits per heavy atom. The maximum absolute atomic E-state index is 14.0. The van der Waals surface area contributed by atoms with Crippen LogP contribution in [-0.4, -0.2) is 53.5 Å². The van der Waals surface area contributed by atoms with Gasteiger partial charge in [0.15, 0.2) is 14.9 Å². The fraction of sp³-hybridized carbons (Fsp3) is 0.500. The number of aromatic nitrogens is 2. The lowest BCUT2D eigenvalue weighted by Gasteiger charge is -2.52. The molecule has 4 atom stereocenters. The molecule has 2 aliphatic rings. The maximum atomic E-state index is 14.0. The molecular formula is C20H23N5O3S2. The highest BCUT2D eigenvalue weighted by Crippen LogP contribution is 2.62. The lowest BCUT2D eigenvalue weighted by Crippen LogP contribution is -2.71. The van der Waals surface area contributed by atoms with E-state index in [1.807, 2.05) is 0 Å². The molecule has 0 saturated carbocycles. The predicted molar refractivity (Wildman–Crippen MR) is 115 cm³/mol. The number of amides is 2. The Morgan fingerprint density at radius 2 is 1.83 bits per heavy atom. The minimum atomic E-state index is -1.52. The highest BCUT2D eigenvalue weighted by atomic mass is 32.2. The fourth-order valence-electron chi connectivity index (χ4n) is 4.34. The van der Waals surface area contributed by atoms with Crippen molar-refractivity contribution in [1.29, 1.82) is 5.26 Å². The summed E-state index contributed by atoms with van der Waals surface area (Å²) < 4.78 is 0. The van der Waals surface area contributed by atoms with E-state index in [9.17, 15) is 19.6 Å². The first-order valence-electron chi connectivity index (χ1n) is 9.25.